The Kier molecular flexibility index (Phi) is 3.16. The van der Waals surface area contributed by atoms with E-state index in [0.29, 0.717) is 12.5 Å². The van der Waals surface area contributed by atoms with E-state index in [0.717, 1.165) is 9.88 Å². The largest absolute Gasteiger partial charge is 0.368 e. The number of nitrogen functional groups attached to an aromatic ring is 1. The number of anilines is 2. The Morgan fingerprint density at radius 3 is 2.88 bits per heavy atom. The molecule has 6 nitrogen and oxygen atoms in total. The Bertz CT molecular complexity index is 479. The number of halogens is 1. The standard InChI is InChI=1S/C8H9ClN6S/c1-4-11-2-5(16-4)3-12-8-14-6(9)13-7(10)15-8/h2H,3H2,1H3,(H3,10,12,13,14,15). The SMILES string of the molecule is Cc1ncc(CNc2nc(N)nc(Cl)n2)s1. The molecular weight excluding hydrogens is 248 g/mol. The summed E-state index contributed by atoms with van der Waals surface area (Å²) in [6, 6.07) is 0. The first kappa shape index (κ1) is 11.0. The molecule has 0 unspecified atom stereocenters. The molecule has 16 heavy (non-hydrogen) atoms. The van der Waals surface area contributed by atoms with Crippen LogP contribution in [0.1, 0.15) is 9.88 Å². The highest BCUT2D eigenvalue weighted by molar-refractivity contribution is 7.11. The lowest BCUT2D eigenvalue weighted by molar-refractivity contribution is 1.02. The van der Waals surface area contributed by atoms with Crippen molar-refractivity contribution in [1.82, 2.24) is 19.9 Å². The van der Waals surface area contributed by atoms with E-state index in [9.17, 15) is 0 Å². The lowest BCUT2D eigenvalue weighted by atomic mass is 10.5. The number of aromatic nitrogens is 4. The average Bonchev–Trinajstić information content (AvgIpc) is 2.60. The highest BCUT2D eigenvalue weighted by atomic mass is 35.5. The van der Waals surface area contributed by atoms with Gasteiger partial charge in [0.15, 0.2) is 0 Å². The van der Waals surface area contributed by atoms with Gasteiger partial charge >= 0.3 is 0 Å². The van der Waals surface area contributed by atoms with Crippen LogP contribution >= 0.6 is 22.9 Å². The predicted octanol–water partition coefficient (Wildman–Crippen LogP) is 1.48. The molecule has 0 aliphatic carbocycles. The van der Waals surface area contributed by atoms with E-state index in [4.69, 9.17) is 17.3 Å². The molecule has 2 aromatic rings. The number of rotatable bonds is 3. The fraction of sp³-hybridized carbons (Fsp3) is 0.250. The van der Waals surface area contributed by atoms with Gasteiger partial charge in [-0.15, -0.1) is 11.3 Å². The van der Waals surface area contributed by atoms with Gasteiger partial charge in [-0.2, -0.15) is 15.0 Å². The number of nitrogens with two attached hydrogens (primary N) is 1. The minimum absolute atomic E-state index is 0.0792. The highest BCUT2D eigenvalue weighted by Crippen LogP contribution is 2.13. The zero-order valence-electron chi connectivity index (χ0n) is 8.44. The van der Waals surface area contributed by atoms with Crippen LogP contribution in [0.4, 0.5) is 11.9 Å². The fourth-order valence-electron chi connectivity index (χ4n) is 1.10. The molecule has 2 rings (SSSR count). The van der Waals surface area contributed by atoms with Gasteiger partial charge in [-0.3, -0.25) is 0 Å². The molecule has 0 bridgehead atoms. The molecule has 0 radical (unpaired) electrons. The molecule has 0 spiro atoms. The van der Waals surface area contributed by atoms with Gasteiger partial charge in [-0.25, -0.2) is 4.98 Å². The summed E-state index contributed by atoms with van der Waals surface area (Å²) in [6.07, 6.45) is 1.80. The first-order valence-electron chi connectivity index (χ1n) is 4.46. The van der Waals surface area contributed by atoms with Crippen molar-refractivity contribution in [3.8, 4) is 0 Å². The topological polar surface area (TPSA) is 89.6 Å². The molecule has 8 heteroatoms. The van der Waals surface area contributed by atoms with Gasteiger partial charge in [0.25, 0.3) is 0 Å². The summed E-state index contributed by atoms with van der Waals surface area (Å²) in [6.45, 7) is 2.54. The van der Waals surface area contributed by atoms with Crippen LogP contribution in [0.25, 0.3) is 0 Å². The van der Waals surface area contributed by atoms with Gasteiger partial charge in [0.1, 0.15) is 0 Å². The Balaban J connectivity index is 2.04. The number of thiazole rings is 1. The normalized spacial score (nSPS) is 10.4. The van der Waals surface area contributed by atoms with E-state index in [1.54, 1.807) is 17.5 Å². The van der Waals surface area contributed by atoms with E-state index in [2.05, 4.69) is 25.3 Å². The molecule has 0 aliphatic heterocycles. The predicted molar refractivity (Wildman–Crippen MR) is 63.4 cm³/mol. The molecular formula is C8H9ClN6S. The number of nitrogens with one attached hydrogen (secondary N) is 1. The average molecular weight is 257 g/mol. The third-order valence-electron chi connectivity index (χ3n) is 1.72. The van der Waals surface area contributed by atoms with Crippen molar-refractivity contribution in [3.05, 3.63) is 21.4 Å². The maximum Gasteiger partial charge on any atom is 0.229 e. The van der Waals surface area contributed by atoms with Crippen molar-refractivity contribution in [2.45, 2.75) is 13.5 Å². The molecule has 84 valence electrons. The van der Waals surface area contributed by atoms with Crippen molar-refractivity contribution in [2.24, 2.45) is 0 Å². The second kappa shape index (κ2) is 4.58. The molecule has 2 aromatic heterocycles. The van der Waals surface area contributed by atoms with Crippen LogP contribution in [0.2, 0.25) is 5.28 Å². The molecule has 0 atom stereocenters. The van der Waals surface area contributed by atoms with Gasteiger partial charge in [0.05, 0.1) is 11.6 Å². The zero-order chi connectivity index (χ0) is 11.5. The molecule has 2 heterocycles. The van der Waals surface area contributed by atoms with E-state index >= 15 is 0 Å². The van der Waals surface area contributed by atoms with E-state index in [1.165, 1.54) is 0 Å². The van der Waals surface area contributed by atoms with Crippen LogP contribution < -0.4 is 11.1 Å². The molecule has 0 saturated heterocycles. The van der Waals surface area contributed by atoms with Gasteiger partial charge in [-0.1, -0.05) is 0 Å². The van der Waals surface area contributed by atoms with E-state index in [-0.39, 0.29) is 11.2 Å². The maximum atomic E-state index is 5.64. The third-order valence-corrected chi connectivity index (χ3v) is 2.80. The van der Waals surface area contributed by atoms with Gasteiger partial charge in [-0.05, 0) is 18.5 Å². The molecule has 0 saturated carbocycles. The summed E-state index contributed by atoms with van der Waals surface area (Å²) in [5, 5.41) is 4.10. The number of nitrogens with zero attached hydrogens (tertiary/aromatic N) is 4. The Labute approximate surface area is 101 Å². The second-order valence-electron chi connectivity index (χ2n) is 2.99. The zero-order valence-corrected chi connectivity index (χ0v) is 10.0. The van der Waals surface area contributed by atoms with Gasteiger partial charge in [0, 0.05) is 11.1 Å². The first-order chi connectivity index (χ1) is 7.63. The van der Waals surface area contributed by atoms with Crippen LogP contribution in [0.3, 0.4) is 0 Å². The van der Waals surface area contributed by atoms with Gasteiger partial charge in [0.2, 0.25) is 17.2 Å². The summed E-state index contributed by atoms with van der Waals surface area (Å²) >= 11 is 7.25. The minimum atomic E-state index is 0.0792. The monoisotopic (exact) mass is 256 g/mol. The second-order valence-corrected chi connectivity index (χ2v) is 4.64. The summed E-state index contributed by atoms with van der Waals surface area (Å²) in [5.74, 6) is 0.464. The van der Waals surface area contributed by atoms with E-state index in [1.807, 2.05) is 6.92 Å². The molecule has 0 amide bonds. The summed E-state index contributed by atoms with van der Waals surface area (Å²) in [4.78, 5) is 16.7. The Hall–Kier alpha value is -1.47. The number of hydrogen-bond acceptors (Lipinski definition) is 7. The maximum absolute atomic E-state index is 5.64. The molecule has 0 aliphatic rings. The summed E-state index contributed by atoms with van der Waals surface area (Å²) < 4.78 is 0. The Morgan fingerprint density at radius 2 is 2.25 bits per heavy atom. The van der Waals surface area contributed by atoms with Crippen molar-refractivity contribution >= 4 is 34.8 Å². The fourth-order valence-corrected chi connectivity index (χ4v) is 2.00. The Morgan fingerprint density at radius 1 is 1.44 bits per heavy atom. The lowest BCUT2D eigenvalue weighted by Crippen LogP contribution is -2.06. The number of hydrogen-bond donors (Lipinski definition) is 2. The first-order valence-corrected chi connectivity index (χ1v) is 5.65. The smallest absolute Gasteiger partial charge is 0.229 e. The van der Waals surface area contributed by atoms with Crippen LogP contribution in [0.5, 0.6) is 0 Å². The van der Waals surface area contributed by atoms with Crippen molar-refractivity contribution < 1.29 is 0 Å². The van der Waals surface area contributed by atoms with Gasteiger partial charge < -0.3 is 11.1 Å². The summed E-state index contributed by atoms with van der Waals surface area (Å²) in [5.41, 5.74) is 5.44. The molecule has 0 aromatic carbocycles. The lowest BCUT2D eigenvalue weighted by Gasteiger charge is -2.02. The van der Waals surface area contributed by atoms with E-state index < -0.39 is 0 Å². The number of aryl methyl sites for hydroxylation is 1. The van der Waals surface area contributed by atoms with Crippen LogP contribution in [0, 0.1) is 6.92 Å². The van der Waals surface area contributed by atoms with Crippen LogP contribution in [-0.4, -0.2) is 19.9 Å². The summed E-state index contributed by atoms with van der Waals surface area (Å²) in [7, 11) is 0. The molecule has 0 fully saturated rings. The highest BCUT2D eigenvalue weighted by Gasteiger charge is 2.03. The third kappa shape index (κ3) is 2.77. The van der Waals surface area contributed by atoms with Crippen LogP contribution in [-0.2, 0) is 6.54 Å². The minimum Gasteiger partial charge on any atom is -0.368 e. The molecule has 3 N–H and O–H groups in total. The quantitative estimate of drug-likeness (QED) is 0.865. The van der Waals surface area contributed by atoms with Crippen molar-refractivity contribution in [1.29, 1.82) is 0 Å². The van der Waals surface area contributed by atoms with Crippen molar-refractivity contribution in [2.75, 3.05) is 11.1 Å². The van der Waals surface area contributed by atoms with Crippen molar-refractivity contribution in [3.63, 3.8) is 0 Å². The van der Waals surface area contributed by atoms with Crippen LogP contribution in [0.15, 0.2) is 6.20 Å².